The van der Waals surface area contributed by atoms with Gasteiger partial charge in [0.25, 0.3) is 0 Å². The summed E-state index contributed by atoms with van der Waals surface area (Å²) in [5.41, 5.74) is 7.65. The predicted octanol–water partition coefficient (Wildman–Crippen LogP) is 3.18. The molecule has 0 saturated heterocycles. The third kappa shape index (κ3) is 2.63. The van der Waals surface area contributed by atoms with Crippen molar-refractivity contribution < 1.29 is 14.0 Å². The van der Waals surface area contributed by atoms with Gasteiger partial charge in [0.15, 0.2) is 0 Å². The van der Waals surface area contributed by atoms with Crippen LogP contribution in [0.4, 0.5) is 0 Å². The van der Waals surface area contributed by atoms with E-state index in [-0.39, 0.29) is 0 Å². The van der Waals surface area contributed by atoms with Gasteiger partial charge in [-0.05, 0) is 18.9 Å². The number of benzene rings is 1. The van der Waals surface area contributed by atoms with Gasteiger partial charge >= 0.3 is 8.25 Å². The Morgan fingerprint density at radius 3 is 2.75 bits per heavy atom. The molecule has 3 unspecified atom stereocenters. The standard InChI is InChI=1S/C14H19N2O3P/c1-3-13(19-20(17)18)14(15,4-2)11-9-16-12-8-6-5-7-10(11)12/h5-9,13,16H,3-4,15H2,1-2H3/p+1. The SMILES string of the molecule is CCC(O[P+](=O)O)C(N)(CC)c1c[nH]c2ccccc12. The number of rotatable bonds is 6. The molecule has 108 valence electrons. The highest BCUT2D eigenvalue weighted by molar-refractivity contribution is 7.32. The fourth-order valence-electron chi connectivity index (χ4n) is 2.69. The van der Waals surface area contributed by atoms with Crippen LogP contribution < -0.4 is 5.73 Å². The molecule has 0 radical (unpaired) electrons. The molecule has 6 heteroatoms. The highest BCUT2D eigenvalue weighted by atomic mass is 31.1. The van der Waals surface area contributed by atoms with Crippen molar-refractivity contribution in [2.75, 3.05) is 0 Å². The van der Waals surface area contributed by atoms with Gasteiger partial charge in [-0.3, -0.25) is 0 Å². The van der Waals surface area contributed by atoms with Gasteiger partial charge in [0.1, 0.15) is 6.10 Å². The minimum absolute atomic E-state index is 0.514. The van der Waals surface area contributed by atoms with Crippen LogP contribution in [0, 0.1) is 0 Å². The fourth-order valence-corrected chi connectivity index (χ4v) is 3.24. The molecule has 1 aromatic heterocycles. The van der Waals surface area contributed by atoms with E-state index in [0.29, 0.717) is 12.8 Å². The van der Waals surface area contributed by atoms with Gasteiger partial charge in [-0.15, -0.1) is 9.42 Å². The van der Waals surface area contributed by atoms with E-state index in [1.54, 1.807) is 0 Å². The van der Waals surface area contributed by atoms with Gasteiger partial charge in [0, 0.05) is 27.2 Å². The molecule has 0 aliphatic rings. The Morgan fingerprint density at radius 2 is 2.15 bits per heavy atom. The fraction of sp³-hybridized carbons (Fsp3) is 0.429. The average Bonchev–Trinajstić information content (AvgIpc) is 2.88. The molecule has 1 aromatic carbocycles. The third-order valence-corrected chi connectivity index (χ3v) is 4.27. The van der Waals surface area contributed by atoms with Crippen molar-refractivity contribution in [1.29, 1.82) is 0 Å². The van der Waals surface area contributed by atoms with Crippen molar-refractivity contribution >= 4 is 19.2 Å². The van der Waals surface area contributed by atoms with E-state index in [1.165, 1.54) is 0 Å². The van der Waals surface area contributed by atoms with Crippen LogP contribution in [0.5, 0.6) is 0 Å². The smallest absolute Gasteiger partial charge is 0.361 e. The van der Waals surface area contributed by atoms with E-state index in [9.17, 15) is 4.57 Å². The van der Waals surface area contributed by atoms with Gasteiger partial charge in [0.05, 0.1) is 5.54 Å². The van der Waals surface area contributed by atoms with E-state index >= 15 is 0 Å². The Labute approximate surface area is 119 Å². The molecule has 3 atom stereocenters. The molecule has 0 spiro atoms. The van der Waals surface area contributed by atoms with Crippen LogP contribution in [0.15, 0.2) is 30.5 Å². The maximum atomic E-state index is 11.0. The van der Waals surface area contributed by atoms with E-state index in [2.05, 4.69) is 4.98 Å². The lowest BCUT2D eigenvalue weighted by molar-refractivity contribution is 0.0957. The predicted molar refractivity (Wildman–Crippen MR) is 79.4 cm³/mol. The average molecular weight is 295 g/mol. The van der Waals surface area contributed by atoms with Crippen molar-refractivity contribution in [3.63, 3.8) is 0 Å². The lowest BCUT2D eigenvalue weighted by atomic mass is 9.82. The Morgan fingerprint density at radius 1 is 1.45 bits per heavy atom. The van der Waals surface area contributed by atoms with Crippen LogP contribution in [0.1, 0.15) is 32.3 Å². The molecule has 0 aliphatic heterocycles. The normalized spacial score (nSPS) is 16.9. The largest absolute Gasteiger partial charge is 0.695 e. The first-order valence-electron chi connectivity index (χ1n) is 6.71. The summed E-state index contributed by atoms with van der Waals surface area (Å²) in [7, 11) is -2.67. The summed E-state index contributed by atoms with van der Waals surface area (Å²) in [5, 5.41) is 1.02. The van der Waals surface area contributed by atoms with Gasteiger partial charge in [0.2, 0.25) is 0 Å². The summed E-state index contributed by atoms with van der Waals surface area (Å²) in [6.45, 7) is 3.86. The summed E-state index contributed by atoms with van der Waals surface area (Å²) < 4.78 is 16.2. The maximum absolute atomic E-state index is 11.0. The topological polar surface area (TPSA) is 88.3 Å². The van der Waals surface area contributed by atoms with Crippen LogP contribution in [0.2, 0.25) is 0 Å². The van der Waals surface area contributed by atoms with Crippen molar-refractivity contribution in [3.05, 3.63) is 36.0 Å². The third-order valence-electron chi connectivity index (χ3n) is 3.84. The summed E-state index contributed by atoms with van der Waals surface area (Å²) in [6.07, 6.45) is 2.52. The van der Waals surface area contributed by atoms with Crippen LogP contribution >= 0.6 is 8.25 Å². The summed E-state index contributed by atoms with van der Waals surface area (Å²) in [4.78, 5) is 12.2. The second kappa shape index (κ2) is 6.02. The van der Waals surface area contributed by atoms with Crippen molar-refractivity contribution in [2.24, 2.45) is 5.73 Å². The van der Waals surface area contributed by atoms with Gasteiger partial charge in [-0.1, -0.05) is 32.0 Å². The van der Waals surface area contributed by atoms with E-state index in [1.807, 2.05) is 44.3 Å². The lowest BCUT2D eigenvalue weighted by Gasteiger charge is -2.32. The molecule has 0 saturated carbocycles. The summed E-state index contributed by atoms with van der Waals surface area (Å²) in [5.74, 6) is 0. The first-order chi connectivity index (χ1) is 9.52. The van der Waals surface area contributed by atoms with Crippen molar-refractivity contribution in [2.45, 2.75) is 38.3 Å². The number of hydrogen-bond donors (Lipinski definition) is 3. The van der Waals surface area contributed by atoms with Crippen LogP contribution in [0.3, 0.4) is 0 Å². The zero-order valence-corrected chi connectivity index (χ0v) is 12.6. The van der Waals surface area contributed by atoms with Crippen LogP contribution in [-0.2, 0) is 14.6 Å². The van der Waals surface area contributed by atoms with Crippen molar-refractivity contribution in [3.8, 4) is 0 Å². The number of aromatic nitrogens is 1. The Kier molecular flexibility index (Phi) is 4.55. The van der Waals surface area contributed by atoms with Gasteiger partial charge in [-0.25, -0.2) is 0 Å². The van der Waals surface area contributed by atoms with E-state index in [0.717, 1.165) is 16.5 Å². The van der Waals surface area contributed by atoms with Gasteiger partial charge in [-0.2, -0.15) is 0 Å². The Hall–Kier alpha value is -1.26. The molecule has 2 rings (SSSR count). The molecule has 4 N–H and O–H groups in total. The number of hydrogen-bond acceptors (Lipinski definition) is 3. The quantitative estimate of drug-likeness (QED) is 0.714. The van der Waals surface area contributed by atoms with Crippen LogP contribution in [-0.4, -0.2) is 16.0 Å². The highest BCUT2D eigenvalue weighted by Gasteiger charge is 2.41. The molecule has 0 bridgehead atoms. The molecule has 20 heavy (non-hydrogen) atoms. The Bertz CT molecular complexity index is 613. The molecule has 5 nitrogen and oxygen atoms in total. The molecule has 0 aliphatic carbocycles. The zero-order chi connectivity index (χ0) is 14.8. The van der Waals surface area contributed by atoms with Crippen LogP contribution in [0.25, 0.3) is 10.9 Å². The van der Waals surface area contributed by atoms with Gasteiger partial charge < -0.3 is 10.7 Å². The molecular weight excluding hydrogens is 275 g/mol. The molecule has 0 amide bonds. The van der Waals surface area contributed by atoms with E-state index < -0.39 is 19.9 Å². The number of nitrogens with one attached hydrogen (secondary N) is 1. The second-order valence-corrected chi connectivity index (χ2v) is 5.57. The Balaban J connectivity index is 2.51. The van der Waals surface area contributed by atoms with E-state index in [4.69, 9.17) is 15.2 Å². The first-order valence-corrected chi connectivity index (χ1v) is 7.84. The number of aromatic amines is 1. The second-order valence-electron chi connectivity index (χ2n) is 4.88. The molecule has 2 aromatic rings. The number of nitrogens with two attached hydrogens (primary N) is 1. The molecule has 0 fully saturated rings. The number of fused-ring (bicyclic) bond motifs is 1. The van der Waals surface area contributed by atoms with Crippen molar-refractivity contribution in [1.82, 2.24) is 4.98 Å². The number of para-hydroxylation sites is 1. The minimum atomic E-state index is -2.67. The molecular formula is C14H20N2O3P+. The lowest BCUT2D eigenvalue weighted by Crippen LogP contribution is -2.47. The summed E-state index contributed by atoms with van der Waals surface area (Å²) >= 11 is 0. The zero-order valence-electron chi connectivity index (χ0n) is 11.7. The maximum Gasteiger partial charge on any atom is 0.695 e. The first kappa shape index (κ1) is 15.1. The summed E-state index contributed by atoms with van der Waals surface area (Å²) in [6, 6.07) is 7.86. The minimum Gasteiger partial charge on any atom is -0.361 e. The highest BCUT2D eigenvalue weighted by Crippen LogP contribution is 2.37. The monoisotopic (exact) mass is 295 g/mol. The molecule has 1 heterocycles. The number of H-pyrrole nitrogens is 1.